The van der Waals surface area contributed by atoms with Gasteiger partial charge in [-0.05, 0) is 43.1 Å². The van der Waals surface area contributed by atoms with Crippen LogP contribution in [0, 0.1) is 12.8 Å². The zero-order valence-electron chi connectivity index (χ0n) is 14.6. The summed E-state index contributed by atoms with van der Waals surface area (Å²) < 4.78 is 6.47. The minimum absolute atomic E-state index is 0.175. The largest absolute Gasteiger partial charge is 0.530 e. The van der Waals surface area contributed by atoms with Crippen LogP contribution in [0.3, 0.4) is 0 Å². The Balaban J connectivity index is 2.30. The lowest BCUT2D eigenvalue weighted by Gasteiger charge is -2.42. The van der Waals surface area contributed by atoms with E-state index in [-0.39, 0.29) is 5.04 Å². The van der Waals surface area contributed by atoms with Gasteiger partial charge in [0.2, 0.25) is 5.88 Å². The molecule has 0 aliphatic carbocycles. The van der Waals surface area contributed by atoms with Crippen LogP contribution in [0.25, 0.3) is 10.7 Å². The maximum atomic E-state index is 6.47. The molecule has 22 heavy (non-hydrogen) atoms. The van der Waals surface area contributed by atoms with Crippen LogP contribution in [0.15, 0.2) is 24.4 Å². The van der Waals surface area contributed by atoms with Crippen molar-refractivity contribution >= 4 is 19.7 Å². The smallest absolute Gasteiger partial charge is 0.253 e. The average Bonchev–Trinajstić information content (AvgIpc) is 2.80. The highest BCUT2D eigenvalue weighted by molar-refractivity contribution is 7.15. The van der Waals surface area contributed by atoms with Crippen LogP contribution in [-0.4, -0.2) is 18.3 Å². The Kier molecular flexibility index (Phi) is 4.78. The summed E-state index contributed by atoms with van der Waals surface area (Å²) in [7, 11) is -1.93. The molecule has 0 saturated carbocycles. The summed E-state index contributed by atoms with van der Waals surface area (Å²) >= 11 is 1.65. The third kappa shape index (κ3) is 3.25. The molecule has 0 saturated heterocycles. The second kappa shape index (κ2) is 6.12. The highest BCUT2D eigenvalue weighted by Gasteiger charge is 2.45. The Morgan fingerprint density at radius 1 is 1.23 bits per heavy atom. The summed E-state index contributed by atoms with van der Waals surface area (Å²) in [5.74, 6) is 1.36. The average molecular weight is 335 g/mol. The van der Waals surface area contributed by atoms with E-state index in [4.69, 9.17) is 9.41 Å². The van der Waals surface area contributed by atoms with E-state index in [0.717, 1.165) is 21.5 Å². The van der Waals surface area contributed by atoms with E-state index in [2.05, 4.69) is 52.7 Å². The van der Waals surface area contributed by atoms with Crippen molar-refractivity contribution in [1.82, 2.24) is 9.97 Å². The Labute approximate surface area is 138 Å². The Hall–Kier alpha value is -1.20. The molecule has 0 radical (unpaired) electrons. The molecular weight excluding hydrogens is 308 g/mol. The minimum Gasteiger partial charge on any atom is -0.530 e. The van der Waals surface area contributed by atoms with Crippen LogP contribution in [-0.2, 0) is 0 Å². The summed E-state index contributed by atoms with van der Waals surface area (Å²) in [5.41, 5.74) is 0.910. The predicted octanol–water partition coefficient (Wildman–Crippen LogP) is 5.53. The first kappa shape index (κ1) is 17.2. The number of aromatic nitrogens is 2. The van der Waals surface area contributed by atoms with E-state index >= 15 is 0 Å². The fraction of sp³-hybridized carbons (Fsp3) is 0.529. The topological polar surface area (TPSA) is 35.0 Å². The number of pyridine rings is 1. The summed E-state index contributed by atoms with van der Waals surface area (Å²) in [4.78, 5) is 10.2. The molecule has 3 nitrogen and oxygen atoms in total. The van der Waals surface area contributed by atoms with Gasteiger partial charge in [0, 0.05) is 6.20 Å². The normalized spacial score (nSPS) is 12.7. The van der Waals surface area contributed by atoms with Crippen molar-refractivity contribution < 1.29 is 4.43 Å². The summed E-state index contributed by atoms with van der Waals surface area (Å²) in [6.45, 7) is 15.8. The van der Waals surface area contributed by atoms with Crippen molar-refractivity contribution in [3.05, 3.63) is 29.3 Å². The Morgan fingerprint density at radius 3 is 2.45 bits per heavy atom. The number of hydrogen-bond acceptors (Lipinski definition) is 4. The fourth-order valence-corrected chi connectivity index (χ4v) is 5.37. The van der Waals surface area contributed by atoms with Crippen molar-refractivity contribution in [2.45, 2.75) is 52.8 Å². The van der Waals surface area contributed by atoms with E-state index in [1.165, 1.54) is 0 Å². The first-order chi connectivity index (χ1) is 10.1. The highest BCUT2D eigenvalue weighted by atomic mass is 32.1. The zero-order chi connectivity index (χ0) is 16.5. The van der Waals surface area contributed by atoms with Gasteiger partial charge in [-0.25, -0.2) is 4.98 Å². The quantitative estimate of drug-likeness (QED) is 0.674. The Bertz CT molecular complexity index is 635. The number of aryl methyl sites for hydroxylation is 1. The molecule has 120 valence electrons. The van der Waals surface area contributed by atoms with Crippen molar-refractivity contribution in [3.63, 3.8) is 0 Å². The van der Waals surface area contributed by atoms with Gasteiger partial charge in [0.1, 0.15) is 5.01 Å². The monoisotopic (exact) mass is 334 g/mol. The molecule has 0 N–H and O–H groups in total. The first-order valence-electron chi connectivity index (χ1n) is 7.73. The van der Waals surface area contributed by atoms with E-state index < -0.39 is 8.32 Å². The molecule has 0 bridgehead atoms. The van der Waals surface area contributed by atoms with E-state index in [1.54, 1.807) is 17.5 Å². The van der Waals surface area contributed by atoms with Crippen molar-refractivity contribution in [2.75, 3.05) is 0 Å². The second-order valence-electron chi connectivity index (χ2n) is 7.08. The third-order valence-electron chi connectivity index (χ3n) is 4.98. The SMILES string of the molecule is Cc1sc(-c2ccccn2)nc1O[Si](C)(C)C(C)(C)C(C)C. The van der Waals surface area contributed by atoms with Gasteiger partial charge in [-0.15, -0.1) is 11.3 Å². The molecule has 2 aromatic heterocycles. The number of nitrogens with zero attached hydrogens (tertiary/aromatic N) is 2. The van der Waals surface area contributed by atoms with Gasteiger partial charge in [-0.3, -0.25) is 4.98 Å². The molecule has 0 atom stereocenters. The van der Waals surface area contributed by atoms with Crippen molar-refractivity contribution in [3.8, 4) is 16.6 Å². The van der Waals surface area contributed by atoms with E-state index in [0.29, 0.717) is 5.92 Å². The van der Waals surface area contributed by atoms with Crippen LogP contribution < -0.4 is 4.43 Å². The molecule has 0 fully saturated rings. The molecule has 0 amide bonds. The fourth-order valence-electron chi connectivity index (χ4n) is 2.14. The second-order valence-corrected chi connectivity index (χ2v) is 12.8. The van der Waals surface area contributed by atoms with Gasteiger partial charge < -0.3 is 4.43 Å². The van der Waals surface area contributed by atoms with Gasteiger partial charge in [0.25, 0.3) is 8.32 Å². The highest BCUT2D eigenvalue weighted by Crippen LogP contribution is 2.45. The molecular formula is C17H26N2OSSi. The molecule has 0 aliphatic rings. The number of hydrogen-bond donors (Lipinski definition) is 0. The molecule has 2 heterocycles. The van der Waals surface area contributed by atoms with Crippen LogP contribution in [0.1, 0.15) is 32.6 Å². The van der Waals surface area contributed by atoms with E-state index in [9.17, 15) is 0 Å². The molecule has 0 unspecified atom stereocenters. The lowest BCUT2D eigenvalue weighted by molar-refractivity contribution is 0.388. The molecule has 0 aliphatic heterocycles. The van der Waals surface area contributed by atoms with Gasteiger partial charge in [-0.1, -0.05) is 33.8 Å². The number of rotatable bonds is 5. The standard InChI is InChI=1S/C17H26N2OSSi/c1-12(2)17(4,5)22(6,7)20-15-13(3)21-16(19-15)14-10-8-9-11-18-14/h8-12H,1-7H3. The Morgan fingerprint density at radius 2 is 1.91 bits per heavy atom. The third-order valence-corrected chi connectivity index (χ3v) is 10.3. The zero-order valence-corrected chi connectivity index (χ0v) is 16.4. The predicted molar refractivity (Wildman–Crippen MR) is 97.1 cm³/mol. The summed E-state index contributed by atoms with van der Waals surface area (Å²) in [6.07, 6.45) is 1.80. The van der Waals surface area contributed by atoms with Gasteiger partial charge in [0.15, 0.2) is 0 Å². The molecule has 5 heteroatoms. The maximum Gasteiger partial charge on any atom is 0.253 e. The lowest BCUT2D eigenvalue weighted by atomic mass is 9.99. The molecule has 2 aromatic rings. The van der Waals surface area contributed by atoms with Crippen molar-refractivity contribution in [1.29, 1.82) is 0 Å². The van der Waals surface area contributed by atoms with Gasteiger partial charge >= 0.3 is 0 Å². The molecule has 2 rings (SSSR count). The molecule has 0 spiro atoms. The molecule has 0 aromatic carbocycles. The van der Waals surface area contributed by atoms with Crippen LogP contribution in [0.4, 0.5) is 0 Å². The van der Waals surface area contributed by atoms with Crippen LogP contribution in [0.2, 0.25) is 18.1 Å². The lowest BCUT2D eigenvalue weighted by Crippen LogP contribution is -2.48. The summed E-state index contributed by atoms with van der Waals surface area (Å²) in [6, 6.07) is 5.89. The minimum atomic E-state index is -1.93. The first-order valence-corrected chi connectivity index (χ1v) is 11.5. The maximum absolute atomic E-state index is 6.47. The van der Waals surface area contributed by atoms with Crippen LogP contribution >= 0.6 is 11.3 Å². The van der Waals surface area contributed by atoms with Crippen molar-refractivity contribution in [2.24, 2.45) is 5.92 Å². The van der Waals surface area contributed by atoms with Gasteiger partial charge in [-0.2, -0.15) is 0 Å². The van der Waals surface area contributed by atoms with E-state index in [1.807, 2.05) is 18.2 Å². The van der Waals surface area contributed by atoms with Crippen LogP contribution in [0.5, 0.6) is 5.88 Å². The van der Waals surface area contributed by atoms with Gasteiger partial charge in [0.05, 0.1) is 10.6 Å². The number of thiazole rings is 1. The summed E-state index contributed by atoms with van der Waals surface area (Å²) in [5, 5.41) is 1.11.